The van der Waals surface area contributed by atoms with E-state index < -0.39 is 6.09 Å². The number of carbonyl (C=O) groups excluding carboxylic acids is 1. The number of primary amides is 1. The first-order valence-corrected chi connectivity index (χ1v) is 3.51. The summed E-state index contributed by atoms with van der Waals surface area (Å²) >= 11 is 0. The fraction of sp³-hybridized carbons (Fsp3) is 0.571. The van der Waals surface area contributed by atoms with E-state index in [9.17, 15) is 4.79 Å². The molecule has 0 radical (unpaired) electrons. The topological polar surface area (TPSA) is 64.3 Å². The number of nitrogens with one attached hydrogen (secondary N) is 1. The van der Waals surface area contributed by atoms with E-state index in [1.807, 2.05) is 19.1 Å². The van der Waals surface area contributed by atoms with E-state index in [0.29, 0.717) is 13.2 Å². The molecule has 0 spiro atoms. The summed E-state index contributed by atoms with van der Waals surface area (Å²) in [7, 11) is 0. The molecule has 0 bridgehead atoms. The number of rotatable bonds is 5. The first kappa shape index (κ1) is 9.97. The summed E-state index contributed by atoms with van der Waals surface area (Å²) in [5, 5.41) is 3.02. The molecule has 0 atom stereocenters. The molecule has 4 heteroatoms. The van der Waals surface area contributed by atoms with Crippen LogP contribution in [-0.2, 0) is 4.74 Å². The third-order valence-corrected chi connectivity index (χ3v) is 1.02. The molecule has 0 aliphatic heterocycles. The normalized spacial score (nSPS) is 10.3. The summed E-state index contributed by atoms with van der Waals surface area (Å²) in [5.41, 5.74) is 4.73. The second kappa shape index (κ2) is 7.08. The standard InChI is InChI=1S/C7H14N2O2/c1-2-3-4-9-5-6-11-7(8)10/h2-3,9H,4-6H2,1H3,(H2,8,10)/b3-2+. The van der Waals surface area contributed by atoms with Gasteiger partial charge in [-0.3, -0.25) is 0 Å². The van der Waals surface area contributed by atoms with Gasteiger partial charge in [-0.2, -0.15) is 0 Å². The Balaban J connectivity index is 2.96. The molecule has 0 saturated carbocycles. The van der Waals surface area contributed by atoms with Crippen LogP contribution in [0.5, 0.6) is 0 Å². The summed E-state index contributed by atoms with van der Waals surface area (Å²) < 4.78 is 4.47. The van der Waals surface area contributed by atoms with Gasteiger partial charge < -0.3 is 15.8 Å². The SMILES string of the molecule is C/C=C/CNCCOC(N)=O. The van der Waals surface area contributed by atoms with Crippen LogP contribution in [0, 0.1) is 0 Å². The van der Waals surface area contributed by atoms with Crippen LogP contribution in [0.3, 0.4) is 0 Å². The molecule has 4 nitrogen and oxygen atoms in total. The Hall–Kier alpha value is -1.03. The van der Waals surface area contributed by atoms with Crippen LogP contribution in [-0.4, -0.2) is 25.8 Å². The molecule has 64 valence electrons. The van der Waals surface area contributed by atoms with E-state index >= 15 is 0 Å². The number of carbonyl (C=O) groups is 1. The quantitative estimate of drug-likeness (QED) is 0.445. The summed E-state index contributed by atoms with van der Waals surface area (Å²) in [6, 6.07) is 0. The van der Waals surface area contributed by atoms with E-state index in [2.05, 4.69) is 10.1 Å². The van der Waals surface area contributed by atoms with Crippen molar-refractivity contribution in [3.05, 3.63) is 12.2 Å². The van der Waals surface area contributed by atoms with E-state index in [1.165, 1.54) is 0 Å². The van der Waals surface area contributed by atoms with Crippen molar-refractivity contribution in [2.75, 3.05) is 19.7 Å². The number of ether oxygens (including phenoxy) is 1. The van der Waals surface area contributed by atoms with E-state index in [1.54, 1.807) is 0 Å². The number of hydrogen-bond acceptors (Lipinski definition) is 3. The van der Waals surface area contributed by atoms with E-state index in [4.69, 9.17) is 5.73 Å². The molecule has 3 N–H and O–H groups in total. The molecule has 0 aromatic rings. The Bertz CT molecular complexity index is 134. The number of hydrogen-bond donors (Lipinski definition) is 2. The van der Waals surface area contributed by atoms with Gasteiger partial charge in [0, 0.05) is 13.1 Å². The average Bonchev–Trinajstić information content (AvgIpc) is 1.96. The molecule has 0 rings (SSSR count). The van der Waals surface area contributed by atoms with Crippen LogP contribution in [0.4, 0.5) is 4.79 Å². The van der Waals surface area contributed by atoms with Gasteiger partial charge in [0.25, 0.3) is 0 Å². The van der Waals surface area contributed by atoms with E-state index in [-0.39, 0.29) is 0 Å². The summed E-state index contributed by atoms with van der Waals surface area (Å²) in [6.07, 6.45) is 3.20. The second-order valence-electron chi connectivity index (χ2n) is 1.94. The lowest BCUT2D eigenvalue weighted by atomic mass is 10.5. The maximum Gasteiger partial charge on any atom is 0.404 e. The first-order chi connectivity index (χ1) is 5.27. The second-order valence-corrected chi connectivity index (χ2v) is 1.94. The third-order valence-electron chi connectivity index (χ3n) is 1.02. The molecular weight excluding hydrogens is 144 g/mol. The van der Waals surface area contributed by atoms with Crippen molar-refractivity contribution in [2.24, 2.45) is 5.73 Å². The molecular formula is C7H14N2O2. The van der Waals surface area contributed by atoms with Gasteiger partial charge in [-0.1, -0.05) is 12.2 Å². The summed E-state index contributed by atoms with van der Waals surface area (Å²) in [4.78, 5) is 10.0. The number of nitrogens with two attached hydrogens (primary N) is 1. The monoisotopic (exact) mass is 158 g/mol. The molecule has 0 heterocycles. The number of allylic oxidation sites excluding steroid dienone is 1. The van der Waals surface area contributed by atoms with Crippen LogP contribution < -0.4 is 11.1 Å². The Morgan fingerprint density at radius 1 is 1.73 bits per heavy atom. The Labute approximate surface area is 66.4 Å². The fourth-order valence-electron chi connectivity index (χ4n) is 0.527. The van der Waals surface area contributed by atoms with E-state index in [0.717, 1.165) is 6.54 Å². The molecule has 0 saturated heterocycles. The molecule has 0 aromatic heterocycles. The lowest BCUT2D eigenvalue weighted by Crippen LogP contribution is -2.23. The minimum atomic E-state index is -0.724. The van der Waals surface area contributed by atoms with Crippen molar-refractivity contribution in [3.8, 4) is 0 Å². The van der Waals surface area contributed by atoms with Crippen molar-refractivity contribution in [1.29, 1.82) is 0 Å². The molecule has 0 aliphatic carbocycles. The highest BCUT2D eigenvalue weighted by atomic mass is 16.5. The van der Waals surface area contributed by atoms with Crippen molar-refractivity contribution in [3.63, 3.8) is 0 Å². The Morgan fingerprint density at radius 2 is 2.45 bits per heavy atom. The van der Waals surface area contributed by atoms with Crippen LogP contribution in [0.2, 0.25) is 0 Å². The largest absolute Gasteiger partial charge is 0.448 e. The highest BCUT2D eigenvalue weighted by Crippen LogP contribution is 1.72. The maximum absolute atomic E-state index is 10.0. The summed E-state index contributed by atoms with van der Waals surface area (Å²) in [6.45, 7) is 3.69. The molecule has 11 heavy (non-hydrogen) atoms. The van der Waals surface area contributed by atoms with Gasteiger partial charge in [-0.05, 0) is 6.92 Å². The van der Waals surface area contributed by atoms with Crippen LogP contribution in [0.1, 0.15) is 6.92 Å². The Morgan fingerprint density at radius 3 is 3.00 bits per heavy atom. The van der Waals surface area contributed by atoms with Gasteiger partial charge in [0.1, 0.15) is 6.61 Å². The lowest BCUT2D eigenvalue weighted by Gasteiger charge is -2.00. The zero-order valence-corrected chi connectivity index (χ0v) is 6.67. The van der Waals surface area contributed by atoms with Crippen molar-refractivity contribution >= 4 is 6.09 Å². The van der Waals surface area contributed by atoms with Gasteiger partial charge in [0.15, 0.2) is 0 Å². The van der Waals surface area contributed by atoms with Gasteiger partial charge in [0.2, 0.25) is 0 Å². The smallest absolute Gasteiger partial charge is 0.404 e. The predicted molar refractivity (Wildman–Crippen MR) is 43.2 cm³/mol. The third kappa shape index (κ3) is 8.97. The van der Waals surface area contributed by atoms with Gasteiger partial charge in [0.05, 0.1) is 0 Å². The average molecular weight is 158 g/mol. The molecule has 0 aromatic carbocycles. The highest BCUT2D eigenvalue weighted by Gasteiger charge is 1.90. The highest BCUT2D eigenvalue weighted by molar-refractivity contribution is 5.64. The predicted octanol–water partition coefficient (Wildman–Crippen LogP) is 0.247. The summed E-state index contributed by atoms with van der Waals surface area (Å²) in [5.74, 6) is 0. The molecule has 0 unspecified atom stereocenters. The zero-order chi connectivity index (χ0) is 8.53. The Kier molecular flexibility index (Phi) is 6.42. The van der Waals surface area contributed by atoms with Crippen LogP contribution in [0.25, 0.3) is 0 Å². The fourth-order valence-corrected chi connectivity index (χ4v) is 0.527. The minimum Gasteiger partial charge on any atom is -0.448 e. The van der Waals surface area contributed by atoms with Crippen LogP contribution in [0.15, 0.2) is 12.2 Å². The first-order valence-electron chi connectivity index (χ1n) is 3.51. The van der Waals surface area contributed by atoms with Gasteiger partial charge in [-0.15, -0.1) is 0 Å². The lowest BCUT2D eigenvalue weighted by molar-refractivity contribution is 0.157. The van der Waals surface area contributed by atoms with Gasteiger partial charge >= 0.3 is 6.09 Å². The minimum absolute atomic E-state index is 0.326. The maximum atomic E-state index is 10.0. The van der Waals surface area contributed by atoms with Crippen LogP contribution >= 0.6 is 0 Å². The molecule has 0 aliphatic rings. The molecule has 0 fully saturated rings. The van der Waals surface area contributed by atoms with Gasteiger partial charge in [-0.25, -0.2) is 4.79 Å². The van der Waals surface area contributed by atoms with Crippen molar-refractivity contribution < 1.29 is 9.53 Å². The van der Waals surface area contributed by atoms with Crippen molar-refractivity contribution in [1.82, 2.24) is 5.32 Å². The van der Waals surface area contributed by atoms with Crippen molar-refractivity contribution in [2.45, 2.75) is 6.92 Å². The molecule has 1 amide bonds. The zero-order valence-electron chi connectivity index (χ0n) is 6.67. The number of amides is 1.